The van der Waals surface area contributed by atoms with Gasteiger partial charge in [0.05, 0.1) is 19.1 Å². The summed E-state index contributed by atoms with van der Waals surface area (Å²) in [5.74, 6) is -6.35. The van der Waals surface area contributed by atoms with Crippen LogP contribution in [0, 0.1) is 17.8 Å². The number of unbranched alkanes of at least 4 members (excludes halogenated alkanes) is 1. The Labute approximate surface area is 376 Å². The molecule has 0 aromatic rings. The highest BCUT2D eigenvalue weighted by molar-refractivity contribution is 5.97. The molecule has 23 heteroatoms. The van der Waals surface area contributed by atoms with Crippen LogP contribution in [0.2, 0.25) is 0 Å². The van der Waals surface area contributed by atoms with Crippen LogP contribution in [0.1, 0.15) is 106 Å². The third kappa shape index (κ3) is 22.7. The van der Waals surface area contributed by atoms with Gasteiger partial charge in [-0.2, -0.15) is 0 Å². The van der Waals surface area contributed by atoms with Crippen molar-refractivity contribution >= 4 is 59.1 Å². The van der Waals surface area contributed by atoms with Gasteiger partial charge in [0, 0.05) is 6.54 Å². The number of rotatable bonds is 30. The van der Waals surface area contributed by atoms with Crippen LogP contribution >= 0.6 is 0 Å². The predicted molar refractivity (Wildman–Crippen MR) is 240 cm³/mol. The molecular weight excluding hydrogens is 833 g/mol. The SMILES string of the molecule is CC(C)C[C@H](NC(=O)[C@@H](NC(=O)[C@H](C)NC(=O)[C@H](CCCN=C(N)N)NC(=O)[C@H](CCCCN)NC(=O)CNC(=O)CNC(=O)[C@H](CC(C)C)NC(=O)[C@@H]1CCCN1)C(C)C)C(N)=O. The Balaban J connectivity index is 3.02. The third-order valence-corrected chi connectivity index (χ3v) is 10.1. The van der Waals surface area contributed by atoms with E-state index in [0.29, 0.717) is 45.2 Å². The second-order valence-electron chi connectivity index (χ2n) is 17.3. The lowest BCUT2D eigenvalue weighted by atomic mass is 10.00. The van der Waals surface area contributed by atoms with Crippen molar-refractivity contribution in [3.05, 3.63) is 0 Å². The van der Waals surface area contributed by atoms with Crippen LogP contribution in [-0.2, 0) is 43.2 Å². The van der Waals surface area contributed by atoms with Gasteiger partial charge in [0.2, 0.25) is 53.2 Å². The zero-order valence-electron chi connectivity index (χ0n) is 38.6. The van der Waals surface area contributed by atoms with Gasteiger partial charge in [-0.25, -0.2) is 0 Å². The molecule has 0 spiro atoms. The first kappa shape index (κ1) is 56.4. The van der Waals surface area contributed by atoms with E-state index in [-0.39, 0.29) is 49.5 Å². The van der Waals surface area contributed by atoms with Crippen molar-refractivity contribution in [2.75, 3.05) is 32.7 Å². The summed E-state index contributed by atoms with van der Waals surface area (Å²) in [5.41, 5.74) is 22.1. The quantitative estimate of drug-likeness (QED) is 0.0188. The Morgan fingerprint density at radius 2 is 1.19 bits per heavy atom. The minimum Gasteiger partial charge on any atom is -0.370 e. The number of nitrogens with one attached hydrogen (secondary N) is 9. The van der Waals surface area contributed by atoms with Gasteiger partial charge in [-0.05, 0) is 95.6 Å². The highest BCUT2D eigenvalue weighted by Gasteiger charge is 2.33. The number of aliphatic imine (C=N–C) groups is 1. The van der Waals surface area contributed by atoms with Crippen LogP contribution in [-0.4, -0.2) is 134 Å². The Kier molecular flexibility index (Phi) is 26.2. The van der Waals surface area contributed by atoms with Crippen LogP contribution in [0.15, 0.2) is 4.99 Å². The second-order valence-corrected chi connectivity index (χ2v) is 17.3. The molecule has 1 heterocycles. The Bertz CT molecular complexity index is 1600. The fourth-order valence-corrected chi connectivity index (χ4v) is 6.64. The van der Waals surface area contributed by atoms with Crippen LogP contribution in [0.4, 0.5) is 0 Å². The van der Waals surface area contributed by atoms with E-state index >= 15 is 0 Å². The summed E-state index contributed by atoms with van der Waals surface area (Å²) in [7, 11) is 0. The lowest BCUT2D eigenvalue weighted by Gasteiger charge is -2.27. The van der Waals surface area contributed by atoms with E-state index < -0.39 is 109 Å². The van der Waals surface area contributed by atoms with E-state index in [1.54, 1.807) is 13.8 Å². The molecule has 0 radical (unpaired) electrons. The molecule has 64 heavy (non-hydrogen) atoms. The van der Waals surface area contributed by atoms with Gasteiger partial charge in [-0.3, -0.25) is 48.1 Å². The Morgan fingerprint density at radius 1 is 0.609 bits per heavy atom. The van der Waals surface area contributed by atoms with Gasteiger partial charge in [-0.1, -0.05) is 41.5 Å². The van der Waals surface area contributed by atoms with Gasteiger partial charge >= 0.3 is 0 Å². The van der Waals surface area contributed by atoms with Crippen molar-refractivity contribution in [3.63, 3.8) is 0 Å². The fraction of sp³-hybridized carbons (Fsp3) is 0.756. The Hall–Kier alpha value is -5.58. The standard InChI is InChI=1S/C41H76N14O9/c1-22(2)18-29(34(43)58)53-40(64)33(24(5)6)55-35(59)25(7)50-38(62)28(14-11-17-47-41(44)45)52-39(63)27(12-8-9-15-42)51-32(57)21-48-31(56)20-49-36(60)30(19-23(3)4)54-37(61)26-13-10-16-46-26/h22-30,33,46H,8-21,42H2,1-7H3,(H2,43,58)(H,48,56)(H,49,60)(H,50,62)(H,51,57)(H,52,63)(H,53,64)(H,54,61)(H,55,59)(H4,44,45,47)/t25-,26-,27-,28-,29-,30-,33-/m0/s1. The minimum absolute atomic E-state index is 0.00843. The van der Waals surface area contributed by atoms with Crippen LogP contribution in [0.3, 0.4) is 0 Å². The highest BCUT2D eigenvalue weighted by Crippen LogP contribution is 2.11. The molecule has 23 nitrogen and oxygen atoms in total. The number of carbonyl (C=O) groups is 9. The average molecular weight is 909 g/mol. The first-order valence-electron chi connectivity index (χ1n) is 22.2. The first-order valence-corrected chi connectivity index (χ1v) is 22.2. The van der Waals surface area contributed by atoms with Crippen LogP contribution in [0.5, 0.6) is 0 Å². The molecule has 0 aliphatic carbocycles. The normalized spacial score (nSPS) is 16.3. The zero-order chi connectivity index (χ0) is 48.5. The van der Waals surface area contributed by atoms with Gasteiger partial charge < -0.3 is 70.8 Å². The lowest BCUT2D eigenvalue weighted by molar-refractivity contribution is -0.135. The molecule has 364 valence electrons. The number of carbonyl (C=O) groups excluding carboxylic acids is 9. The number of hydrogen-bond acceptors (Lipinski definition) is 12. The maximum absolute atomic E-state index is 13.7. The Morgan fingerprint density at radius 3 is 1.75 bits per heavy atom. The predicted octanol–water partition coefficient (Wildman–Crippen LogP) is -3.68. The third-order valence-electron chi connectivity index (χ3n) is 10.1. The van der Waals surface area contributed by atoms with E-state index in [9.17, 15) is 43.2 Å². The maximum atomic E-state index is 13.7. The molecule has 1 aliphatic heterocycles. The highest BCUT2D eigenvalue weighted by atomic mass is 16.2. The number of amides is 9. The van der Waals surface area contributed by atoms with Crippen molar-refractivity contribution in [2.45, 2.75) is 149 Å². The van der Waals surface area contributed by atoms with Crippen LogP contribution in [0.25, 0.3) is 0 Å². The smallest absolute Gasteiger partial charge is 0.243 e. The monoisotopic (exact) mass is 909 g/mol. The summed E-state index contributed by atoms with van der Waals surface area (Å²) in [6.07, 6.45) is 3.41. The van der Waals surface area contributed by atoms with Crippen molar-refractivity contribution < 1.29 is 43.2 Å². The van der Waals surface area contributed by atoms with E-state index in [4.69, 9.17) is 22.9 Å². The minimum atomic E-state index is -1.25. The zero-order valence-corrected chi connectivity index (χ0v) is 38.6. The summed E-state index contributed by atoms with van der Waals surface area (Å²) in [6.45, 7) is 12.4. The van der Waals surface area contributed by atoms with E-state index in [2.05, 4.69) is 52.8 Å². The van der Waals surface area contributed by atoms with Crippen molar-refractivity contribution in [2.24, 2.45) is 45.7 Å². The van der Waals surface area contributed by atoms with Crippen molar-refractivity contribution in [1.29, 1.82) is 0 Å². The summed E-state index contributed by atoms with van der Waals surface area (Å²) >= 11 is 0. The topological polar surface area (TPSA) is 378 Å². The molecule has 1 fully saturated rings. The van der Waals surface area contributed by atoms with E-state index in [1.807, 2.05) is 27.7 Å². The molecule has 0 unspecified atom stereocenters. The summed E-state index contributed by atoms with van der Waals surface area (Å²) in [6, 6.07) is -6.93. The molecular formula is C41H76N14O9. The maximum Gasteiger partial charge on any atom is 0.243 e. The van der Waals surface area contributed by atoms with E-state index in [1.165, 1.54) is 6.92 Å². The lowest BCUT2D eigenvalue weighted by Crippen LogP contribution is -2.59. The molecule has 7 atom stereocenters. The van der Waals surface area contributed by atoms with Crippen molar-refractivity contribution in [1.82, 2.24) is 47.9 Å². The van der Waals surface area contributed by atoms with Gasteiger partial charge in [-0.15, -0.1) is 0 Å². The molecule has 0 bridgehead atoms. The number of nitrogens with zero attached hydrogens (tertiary/aromatic N) is 1. The number of primary amides is 1. The summed E-state index contributed by atoms with van der Waals surface area (Å²) in [4.78, 5) is 121. The molecule has 1 saturated heterocycles. The van der Waals surface area contributed by atoms with E-state index in [0.717, 1.165) is 6.42 Å². The molecule has 17 N–H and O–H groups in total. The molecule has 1 aliphatic rings. The fourth-order valence-electron chi connectivity index (χ4n) is 6.64. The molecule has 0 saturated carbocycles. The number of hydrogen-bond donors (Lipinski definition) is 13. The second kappa shape index (κ2) is 29.7. The molecule has 9 amide bonds. The number of nitrogens with two attached hydrogens (primary N) is 4. The first-order chi connectivity index (χ1) is 30.0. The summed E-state index contributed by atoms with van der Waals surface area (Å²) in [5, 5.41) is 23.7. The molecule has 1 rings (SSSR count). The van der Waals surface area contributed by atoms with Crippen LogP contribution < -0.4 is 70.8 Å². The molecule has 0 aromatic heterocycles. The van der Waals surface area contributed by atoms with Gasteiger partial charge in [0.15, 0.2) is 5.96 Å². The largest absolute Gasteiger partial charge is 0.370 e. The molecule has 0 aromatic carbocycles. The number of guanidine groups is 1. The average Bonchev–Trinajstić information content (AvgIpc) is 3.76. The van der Waals surface area contributed by atoms with Gasteiger partial charge in [0.1, 0.15) is 36.3 Å². The van der Waals surface area contributed by atoms with Crippen molar-refractivity contribution in [3.8, 4) is 0 Å². The van der Waals surface area contributed by atoms with Gasteiger partial charge in [0.25, 0.3) is 0 Å². The summed E-state index contributed by atoms with van der Waals surface area (Å²) < 4.78 is 0.